The van der Waals surface area contributed by atoms with Crippen molar-refractivity contribution in [1.29, 1.82) is 0 Å². The van der Waals surface area contributed by atoms with Crippen molar-refractivity contribution in [3.63, 3.8) is 0 Å². The van der Waals surface area contributed by atoms with Crippen LogP contribution in [0.4, 0.5) is 4.79 Å². The van der Waals surface area contributed by atoms with Gasteiger partial charge in [-0.3, -0.25) is 0 Å². The number of nitrogens with one attached hydrogen (secondary N) is 1. The fourth-order valence-corrected chi connectivity index (χ4v) is 4.42. The minimum atomic E-state index is -1.31. The lowest BCUT2D eigenvalue weighted by Gasteiger charge is -2.20. The summed E-state index contributed by atoms with van der Waals surface area (Å²) in [4.78, 5) is 36.9. The topological polar surface area (TPSA) is 122 Å². The fraction of sp³-hybridized carbons (Fsp3) is 0.276. The maximum atomic E-state index is 12.6. The van der Waals surface area contributed by atoms with Gasteiger partial charge in [-0.2, -0.15) is 0 Å². The molecule has 1 aliphatic carbocycles. The summed E-state index contributed by atoms with van der Waals surface area (Å²) in [6.45, 7) is 5.15. The standard InChI is InChI=1S/C29H29NO7/c1-29(2,3)37-27(34)22-14-17(12-13-25(22)31)15-24(26(32)33)30-28(35)36-16-23-20-10-6-4-8-18(20)19-9-5-7-11-21(19)23/h4-14,23-24,31H,15-16H2,1-3H3,(H,30,35)(H,32,33). The van der Waals surface area contributed by atoms with Crippen LogP contribution in [0.3, 0.4) is 0 Å². The monoisotopic (exact) mass is 503 g/mol. The van der Waals surface area contributed by atoms with Gasteiger partial charge in [-0.15, -0.1) is 0 Å². The Morgan fingerprint density at radius 2 is 1.54 bits per heavy atom. The molecule has 0 heterocycles. The minimum absolute atomic E-state index is 0.0498. The normalized spacial score (nSPS) is 13.3. The van der Waals surface area contributed by atoms with Crippen molar-refractivity contribution in [3.05, 3.63) is 89.0 Å². The third-order valence-electron chi connectivity index (χ3n) is 6.05. The molecule has 0 aromatic heterocycles. The lowest BCUT2D eigenvalue weighted by Crippen LogP contribution is -2.43. The van der Waals surface area contributed by atoms with Crippen molar-refractivity contribution in [3.8, 4) is 16.9 Å². The van der Waals surface area contributed by atoms with Gasteiger partial charge in [0.05, 0.1) is 0 Å². The van der Waals surface area contributed by atoms with Crippen molar-refractivity contribution < 1.29 is 34.1 Å². The molecule has 8 nitrogen and oxygen atoms in total. The molecule has 3 aromatic carbocycles. The number of amides is 1. The summed E-state index contributed by atoms with van der Waals surface area (Å²) in [5, 5.41) is 22.2. The average molecular weight is 504 g/mol. The van der Waals surface area contributed by atoms with Crippen LogP contribution in [0.1, 0.15) is 53.7 Å². The molecule has 192 valence electrons. The van der Waals surface area contributed by atoms with Crippen molar-refractivity contribution in [2.75, 3.05) is 6.61 Å². The zero-order chi connectivity index (χ0) is 26.7. The Balaban J connectivity index is 1.43. The van der Waals surface area contributed by atoms with Gasteiger partial charge in [0.2, 0.25) is 0 Å². The smallest absolute Gasteiger partial charge is 0.407 e. The Labute approximate surface area is 214 Å². The molecule has 1 atom stereocenters. The van der Waals surface area contributed by atoms with Gasteiger partial charge in [0.25, 0.3) is 0 Å². The van der Waals surface area contributed by atoms with E-state index in [0.29, 0.717) is 5.56 Å². The van der Waals surface area contributed by atoms with Crippen LogP contribution >= 0.6 is 0 Å². The SMILES string of the molecule is CC(C)(C)OC(=O)c1cc(CC(NC(=O)OCC2c3ccccc3-c3ccccc32)C(=O)O)ccc1O. The number of phenols is 1. The number of esters is 1. The number of rotatable bonds is 7. The second-order valence-corrected chi connectivity index (χ2v) is 9.92. The van der Waals surface area contributed by atoms with Gasteiger partial charge in [-0.25, -0.2) is 14.4 Å². The van der Waals surface area contributed by atoms with E-state index in [0.717, 1.165) is 22.3 Å². The number of carbonyl (C=O) groups excluding carboxylic acids is 2. The molecule has 4 rings (SSSR count). The number of aromatic hydroxyl groups is 1. The fourth-order valence-electron chi connectivity index (χ4n) is 4.42. The number of hydrogen-bond acceptors (Lipinski definition) is 6. The Bertz CT molecular complexity index is 1300. The average Bonchev–Trinajstić information content (AvgIpc) is 3.16. The van der Waals surface area contributed by atoms with Gasteiger partial charge in [-0.05, 0) is 60.7 Å². The highest BCUT2D eigenvalue weighted by molar-refractivity contribution is 5.93. The first-order chi connectivity index (χ1) is 17.5. The number of fused-ring (bicyclic) bond motifs is 3. The minimum Gasteiger partial charge on any atom is -0.507 e. The van der Waals surface area contributed by atoms with E-state index in [1.54, 1.807) is 20.8 Å². The van der Waals surface area contributed by atoms with Crippen molar-refractivity contribution in [2.45, 2.75) is 44.8 Å². The molecule has 8 heteroatoms. The van der Waals surface area contributed by atoms with Crippen molar-refractivity contribution >= 4 is 18.0 Å². The second kappa shape index (κ2) is 10.3. The summed E-state index contributed by atoms with van der Waals surface area (Å²) in [7, 11) is 0. The molecule has 1 amide bonds. The summed E-state index contributed by atoms with van der Waals surface area (Å²) >= 11 is 0. The molecule has 0 fully saturated rings. The van der Waals surface area contributed by atoms with E-state index in [2.05, 4.69) is 5.32 Å². The molecule has 0 saturated carbocycles. The van der Waals surface area contributed by atoms with Gasteiger partial charge in [0.1, 0.15) is 29.6 Å². The first-order valence-corrected chi connectivity index (χ1v) is 11.9. The van der Waals surface area contributed by atoms with E-state index < -0.39 is 29.7 Å². The van der Waals surface area contributed by atoms with Gasteiger partial charge < -0.3 is 25.0 Å². The van der Waals surface area contributed by atoms with Crippen LogP contribution in [-0.2, 0) is 20.7 Å². The summed E-state index contributed by atoms with van der Waals surface area (Å²) in [6.07, 6.45) is -0.990. The second-order valence-electron chi connectivity index (χ2n) is 9.92. The maximum Gasteiger partial charge on any atom is 0.407 e. The number of carboxylic acid groups (broad SMARTS) is 1. The number of phenolic OH excluding ortho intramolecular Hbond substituents is 1. The molecule has 3 aromatic rings. The van der Waals surface area contributed by atoms with Crippen LogP contribution in [0.25, 0.3) is 11.1 Å². The molecular weight excluding hydrogens is 474 g/mol. The van der Waals surface area contributed by atoms with E-state index >= 15 is 0 Å². The molecule has 0 aliphatic heterocycles. The first-order valence-electron chi connectivity index (χ1n) is 11.9. The third-order valence-corrected chi connectivity index (χ3v) is 6.05. The predicted octanol–water partition coefficient (Wildman–Crippen LogP) is 4.88. The highest BCUT2D eigenvalue weighted by Gasteiger charge is 2.30. The van der Waals surface area contributed by atoms with E-state index in [1.807, 2.05) is 48.5 Å². The summed E-state index contributed by atoms with van der Waals surface area (Å²) in [6, 6.07) is 18.6. The molecule has 1 aliphatic rings. The van der Waals surface area contributed by atoms with Crippen LogP contribution in [0.5, 0.6) is 5.75 Å². The van der Waals surface area contributed by atoms with Crippen LogP contribution in [0, 0.1) is 0 Å². The number of benzene rings is 3. The maximum absolute atomic E-state index is 12.6. The number of alkyl carbamates (subject to hydrolysis) is 1. The van der Waals surface area contributed by atoms with E-state index in [9.17, 15) is 24.6 Å². The van der Waals surface area contributed by atoms with Crippen LogP contribution in [0.2, 0.25) is 0 Å². The third kappa shape index (κ3) is 5.91. The van der Waals surface area contributed by atoms with E-state index in [4.69, 9.17) is 9.47 Å². The van der Waals surface area contributed by atoms with Gasteiger partial charge in [0, 0.05) is 12.3 Å². The molecule has 0 spiro atoms. The molecule has 37 heavy (non-hydrogen) atoms. The summed E-state index contributed by atoms with van der Waals surface area (Å²) in [5.74, 6) is -2.44. The number of aliphatic carboxylic acids is 1. The lowest BCUT2D eigenvalue weighted by atomic mass is 9.98. The van der Waals surface area contributed by atoms with E-state index in [1.165, 1.54) is 18.2 Å². The molecule has 1 unspecified atom stereocenters. The number of ether oxygens (including phenoxy) is 2. The largest absolute Gasteiger partial charge is 0.507 e. The molecule has 0 saturated heterocycles. The number of carboxylic acids is 1. The Morgan fingerprint density at radius 1 is 0.946 bits per heavy atom. The number of hydrogen-bond donors (Lipinski definition) is 3. The van der Waals surface area contributed by atoms with Gasteiger partial charge in [0.15, 0.2) is 0 Å². The zero-order valence-corrected chi connectivity index (χ0v) is 20.9. The van der Waals surface area contributed by atoms with Gasteiger partial charge in [-0.1, -0.05) is 54.6 Å². The Kier molecular flexibility index (Phi) is 7.20. The predicted molar refractivity (Wildman–Crippen MR) is 137 cm³/mol. The molecule has 0 radical (unpaired) electrons. The highest BCUT2D eigenvalue weighted by Crippen LogP contribution is 2.44. The van der Waals surface area contributed by atoms with Crippen LogP contribution < -0.4 is 5.32 Å². The van der Waals surface area contributed by atoms with E-state index in [-0.39, 0.29) is 30.3 Å². The highest BCUT2D eigenvalue weighted by atomic mass is 16.6. The number of carbonyl (C=O) groups is 3. The summed E-state index contributed by atoms with van der Waals surface area (Å²) < 4.78 is 10.8. The zero-order valence-electron chi connectivity index (χ0n) is 20.9. The molecular formula is C29H29NO7. The van der Waals surface area contributed by atoms with Crippen molar-refractivity contribution in [2.24, 2.45) is 0 Å². The Morgan fingerprint density at radius 3 is 2.11 bits per heavy atom. The first kappa shape index (κ1) is 25.8. The lowest BCUT2D eigenvalue weighted by molar-refractivity contribution is -0.139. The van der Waals surface area contributed by atoms with Crippen LogP contribution in [0.15, 0.2) is 66.7 Å². The van der Waals surface area contributed by atoms with Crippen molar-refractivity contribution in [1.82, 2.24) is 5.32 Å². The molecule has 0 bridgehead atoms. The van der Waals surface area contributed by atoms with Crippen LogP contribution in [-0.4, -0.2) is 46.5 Å². The van der Waals surface area contributed by atoms with Gasteiger partial charge >= 0.3 is 18.0 Å². The quantitative estimate of drug-likeness (QED) is 0.393. The Hall–Kier alpha value is -4.33. The molecule has 3 N–H and O–H groups in total. The summed E-state index contributed by atoms with van der Waals surface area (Å²) in [5.41, 5.74) is 3.83.